The van der Waals surface area contributed by atoms with Crippen LogP contribution in [0, 0.1) is 5.92 Å². The molecule has 2 aliphatic rings. The quantitative estimate of drug-likeness (QED) is 0.792. The highest BCUT2D eigenvalue weighted by Crippen LogP contribution is 2.27. The predicted molar refractivity (Wildman–Crippen MR) is 89.2 cm³/mol. The minimum absolute atomic E-state index is 0.0590. The van der Waals surface area contributed by atoms with E-state index in [-0.39, 0.29) is 5.91 Å². The van der Waals surface area contributed by atoms with Crippen molar-refractivity contribution in [2.75, 3.05) is 26.2 Å². The topological polar surface area (TPSA) is 69.7 Å². The van der Waals surface area contributed by atoms with Crippen molar-refractivity contribution >= 4 is 17.7 Å². The lowest BCUT2D eigenvalue weighted by Gasteiger charge is -2.33. The lowest BCUT2D eigenvalue weighted by Crippen LogP contribution is -2.53. The zero-order valence-corrected chi connectivity index (χ0v) is 14.0. The molecule has 6 heteroatoms. The van der Waals surface area contributed by atoms with Crippen molar-refractivity contribution in [3.63, 3.8) is 0 Å². The highest BCUT2D eigenvalue weighted by atomic mass is 16.2. The Morgan fingerprint density at radius 1 is 1.08 bits per heavy atom. The Hall–Kier alpha value is -2.37. The molecule has 1 aromatic carbocycles. The first kappa shape index (κ1) is 16.5. The number of amides is 3. The van der Waals surface area contributed by atoms with Gasteiger partial charge < -0.3 is 15.1 Å². The first-order valence-corrected chi connectivity index (χ1v) is 8.53. The number of nitrogens with one attached hydrogen (secondary N) is 1. The average Bonchev–Trinajstić information content (AvgIpc) is 3.42. The molecule has 3 rings (SSSR count). The molecule has 0 unspecified atom stereocenters. The Balaban J connectivity index is 1.56. The lowest BCUT2D eigenvalue weighted by molar-refractivity contribution is -0.156. The minimum atomic E-state index is -0.450. The molecule has 128 valence electrons. The molecular formula is C18H23N3O3. The van der Waals surface area contributed by atoms with Crippen LogP contribution in [0.15, 0.2) is 24.3 Å². The molecular weight excluding hydrogens is 306 g/mol. The van der Waals surface area contributed by atoms with Gasteiger partial charge in [-0.25, -0.2) is 0 Å². The van der Waals surface area contributed by atoms with Crippen molar-refractivity contribution in [3.8, 4) is 0 Å². The van der Waals surface area contributed by atoms with Crippen molar-refractivity contribution in [2.24, 2.45) is 5.92 Å². The van der Waals surface area contributed by atoms with Gasteiger partial charge in [0.15, 0.2) is 0 Å². The second-order valence-corrected chi connectivity index (χ2v) is 6.46. The molecule has 0 radical (unpaired) electrons. The van der Waals surface area contributed by atoms with E-state index >= 15 is 0 Å². The first-order chi connectivity index (χ1) is 11.6. The van der Waals surface area contributed by atoms with Gasteiger partial charge in [-0.05, 0) is 43.4 Å². The number of carbonyl (C=O) groups is 3. The monoisotopic (exact) mass is 329 g/mol. The summed E-state index contributed by atoms with van der Waals surface area (Å²) in [5.74, 6) is -0.288. The van der Waals surface area contributed by atoms with Gasteiger partial charge >= 0.3 is 11.8 Å². The SMILES string of the molecule is CCN1CCN(Cc2ccc(C(=O)NCC3CC3)cc2)C(=O)C1=O. The Morgan fingerprint density at radius 2 is 1.71 bits per heavy atom. The van der Waals surface area contributed by atoms with Crippen molar-refractivity contribution in [3.05, 3.63) is 35.4 Å². The van der Waals surface area contributed by atoms with Gasteiger partial charge in [-0.2, -0.15) is 0 Å². The van der Waals surface area contributed by atoms with Gasteiger partial charge in [0.2, 0.25) is 0 Å². The molecule has 6 nitrogen and oxygen atoms in total. The number of rotatable bonds is 6. The zero-order chi connectivity index (χ0) is 17.1. The van der Waals surface area contributed by atoms with Gasteiger partial charge in [0, 0.05) is 38.3 Å². The van der Waals surface area contributed by atoms with E-state index < -0.39 is 11.8 Å². The van der Waals surface area contributed by atoms with E-state index in [9.17, 15) is 14.4 Å². The van der Waals surface area contributed by atoms with Crippen LogP contribution in [-0.2, 0) is 16.1 Å². The Bertz CT molecular complexity index is 637. The van der Waals surface area contributed by atoms with Crippen molar-refractivity contribution in [1.82, 2.24) is 15.1 Å². The first-order valence-electron chi connectivity index (χ1n) is 8.53. The van der Waals surface area contributed by atoms with Gasteiger partial charge in [-0.3, -0.25) is 14.4 Å². The summed E-state index contributed by atoms with van der Waals surface area (Å²) in [6, 6.07) is 7.23. The second-order valence-electron chi connectivity index (χ2n) is 6.46. The smallest absolute Gasteiger partial charge is 0.312 e. The molecule has 0 bridgehead atoms. The highest BCUT2D eigenvalue weighted by Gasteiger charge is 2.31. The van der Waals surface area contributed by atoms with Crippen LogP contribution in [0.3, 0.4) is 0 Å². The maximum atomic E-state index is 12.1. The Kier molecular flexibility index (Phi) is 4.83. The summed E-state index contributed by atoms with van der Waals surface area (Å²) >= 11 is 0. The van der Waals surface area contributed by atoms with E-state index in [0.717, 1.165) is 12.1 Å². The van der Waals surface area contributed by atoms with Crippen LogP contribution in [0.25, 0.3) is 0 Å². The summed E-state index contributed by atoms with van der Waals surface area (Å²) < 4.78 is 0. The zero-order valence-electron chi connectivity index (χ0n) is 14.0. The number of benzene rings is 1. The van der Waals surface area contributed by atoms with Crippen LogP contribution in [0.1, 0.15) is 35.7 Å². The van der Waals surface area contributed by atoms with Gasteiger partial charge in [0.25, 0.3) is 5.91 Å². The van der Waals surface area contributed by atoms with Gasteiger partial charge in [0.05, 0.1) is 0 Å². The average molecular weight is 329 g/mol. The normalized spacial score (nSPS) is 18.0. The van der Waals surface area contributed by atoms with Crippen molar-refractivity contribution in [2.45, 2.75) is 26.3 Å². The summed E-state index contributed by atoms with van der Waals surface area (Å²) in [5.41, 5.74) is 1.54. The molecule has 1 saturated carbocycles. The van der Waals surface area contributed by atoms with E-state index in [1.165, 1.54) is 12.8 Å². The number of nitrogens with zero attached hydrogens (tertiary/aromatic N) is 2. The van der Waals surface area contributed by atoms with Gasteiger partial charge in [-0.15, -0.1) is 0 Å². The summed E-state index contributed by atoms with van der Waals surface area (Å²) in [6.07, 6.45) is 2.41. The summed E-state index contributed by atoms with van der Waals surface area (Å²) in [7, 11) is 0. The number of carbonyl (C=O) groups excluding carboxylic acids is 3. The van der Waals surface area contributed by atoms with Crippen molar-refractivity contribution < 1.29 is 14.4 Å². The second kappa shape index (κ2) is 7.03. The maximum Gasteiger partial charge on any atom is 0.312 e. The largest absolute Gasteiger partial charge is 0.352 e. The third kappa shape index (κ3) is 3.75. The number of hydrogen-bond donors (Lipinski definition) is 1. The third-order valence-electron chi connectivity index (χ3n) is 4.62. The third-order valence-corrected chi connectivity index (χ3v) is 4.62. The molecule has 0 atom stereocenters. The predicted octanol–water partition coefficient (Wildman–Crippen LogP) is 1.02. The Labute approximate surface area is 141 Å². The number of piperazine rings is 1. The number of likely N-dealkylation sites (N-methyl/N-ethyl adjacent to an activating group) is 1. The van der Waals surface area contributed by atoms with Gasteiger partial charge in [-0.1, -0.05) is 12.1 Å². The van der Waals surface area contributed by atoms with Crippen LogP contribution < -0.4 is 5.32 Å². The van der Waals surface area contributed by atoms with E-state index in [1.807, 2.05) is 19.1 Å². The van der Waals surface area contributed by atoms with Crippen LogP contribution in [-0.4, -0.2) is 53.7 Å². The molecule has 0 spiro atoms. The molecule has 1 heterocycles. The molecule has 1 saturated heterocycles. The molecule has 0 aromatic heterocycles. The molecule has 1 aliphatic carbocycles. The van der Waals surface area contributed by atoms with E-state index in [1.54, 1.807) is 21.9 Å². The maximum absolute atomic E-state index is 12.1. The molecule has 24 heavy (non-hydrogen) atoms. The molecule has 1 N–H and O–H groups in total. The fourth-order valence-corrected chi connectivity index (χ4v) is 2.81. The van der Waals surface area contributed by atoms with Crippen LogP contribution in [0.5, 0.6) is 0 Å². The molecule has 1 aliphatic heterocycles. The van der Waals surface area contributed by atoms with E-state index in [4.69, 9.17) is 0 Å². The van der Waals surface area contributed by atoms with Crippen LogP contribution >= 0.6 is 0 Å². The Morgan fingerprint density at radius 3 is 2.33 bits per heavy atom. The molecule has 2 fully saturated rings. The standard InChI is InChI=1S/C18H23N3O3/c1-2-20-9-10-21(18(24)17(20)23)12-14-5-7-15(8-6-14)16(22)19-11-13-3-4-13/h5-8,13H,2-4,9-12H2,1H3,(H,19,22). The van der Waals surface area contributed by atoms with E-state index in [0.29, 0.717) is 37.7 Å². The van der Waals surface area contributed by atoms with Gasteiger partial charge in [0.1, 0.15) is 0 Å². The summed E-state index contributed by atoms with van der Waals surface area (Å²) in [5, 5.41) is 2.93. The van der Waals surface area contributed by atoms with Crippen molar-refractivity contribution in [1.29, 1.82) is 0 Å². The lowest BCUT2D eigenvalue weighted by atomic mass is 10.1. The number of hydrogen-bond acceptors (Lipinski definition) is 3. The highest BCUT2D eigenvalue weighted by molar-refractivity contribution is 6.35. The molecule has 3 amide bonds. The minimum Gasteiger partial charge on any atom is -0.352 e. The van der Waals surface area contributed by atoms with Crippen LogP contribution in [0.2, 0.25) is 0 Å². The fourth-order valence-electron chi connectivity index (χ4n) is 2.81. The summed E-state index contributed by atoms with van der Waals surface area (Å²) in [4.78, 5) is 39.2. The van der Waals surface area contributed by atoms with E-state index in [2.05, 4.69) is 5.32 Å². The molecule has 1 aromatic rings. The fraction of sp³-hybridized carbons (Fsp3) is 0.500. The summed E-state index contributed by atoms with van der Waals surface area (Å²) in [6.45, 7) is 4.69. The van der Waals surface area contributed by atoms with Crippen LogP contribution in [0.4, 0.5) is 0 Å².